The van der Waals surface area contributed by atoms with E-state index in [9.17, 15) is 9.90 Å². The van der Waals surface area contributed by atoms with Gasteiger partial charge in [-0.3, -0.25) is 4.79 Å². The van der Waals surface area contributed by atoms with Crippen LogP contribution in [-0.2, 0) is 6.42 Å². The lowest BCUT2D eigenvalue weighted by molar-refractivity contribution is 0.103. The van der Waals surface area contributed by atoms with E-state index < -0.39 is 0 Å². The number of carbonyl (C=O) groups is 1. The van der Waals surface area contributed by atoms with Crippen molar-refractivity contribution in [3.8, 4) is 5.75 Å². The number of hydrogen-bond donors (Lipinski definition) is 1. The second-order valence-corrected chi connectivity index (χ2v) is 5.85. The number of fused-ring (bicyclic) bond motifs is 1. The van der Waals surface area contributed by atoms with Gasteiger partial charge in [0.2, 0.25) is 5.78 Å². The SMILES string of the molecule is CCCCCc1cc2ccccn2c1C(=O)c1ccc(O)cc1. The van der Waals surface area contributed by atoms with Crippen molar-refractivity contribution in [2.75, 3.05) is 0 Å². The highest BCUT2D eigenvalue weighted by Gasteiger charge is 2.18. The molecule has 3 aromatic rings. The summed E-state index contributed by atoms with van der Waals surface area (Å²) in [5.41, 5.74) is 3.48. The lowest BCUT2D eigenvalue weighted by Crippen LogP contribution is -2.08. The van der Waals surface area contributed by atoms with Crippen LogP contribution in [0.15, 0.2) is 54.7 Å². The molecule has 3 rings (SSSR count). The maximum atomic E-state index is 13.0. The Labute approximate surface area is 136 Å². The van der Waals surface area contributed by atoms with Gasteiger partial charge < -0.3 is 9.51 Å². The molecule has 2 heterocycles. The van der Waals surface area contributed by atoms with Crippen LogP contribution in [0.1, 0.15) is 47.8 Å². The number of rotatable bonds is 6. The number of aromatic hydroxyl groups is 1. The van der Waals surface area contributed by atoms with Crippen LogP contribution in [-0.4, -0.2) is 15.3 Å². The maximum absolute atomic E-state index is 13.0. The summed E-state index contributed by atoms with van der Waals surface area (Å²) in [7, 11) is 0. The molecule has 3 heteroatoms. The minimum atomic E-state index is 0.00250. The van der Waals surface area contributed by atoms with E-state index in [1.54, 1.807) is 24.3 Å². The Balaban J connectivity index is 2.04. The number of nitrogens with zero attached hydrogens (tertiary/aromatic N) is 1. The van der Waals surface area contributed by atoms with Crippen LogP contribution in [0.5, 0.6) is 5.75 Å². The highest BCUT2D eigenvalue weighted by molar-refractivity contribution is 6.09. The minimum absolute atomic E-state index is 0.00250. The first-order chi connectivity index (χ1) is 11.2. The van der Waals surface area contributed by atoms with E-state index in [2.05, 4.69) is 13.0 Å². The third-order valence-electron chi connectivity index (χ3n) is 4.15. The standard InChI is InChI=1S/C20H21NO2/c1-2-3-4-7-16-14-17-8-5-6-13-21(17)19(16)20(23)15-9-11-18(22)12-10-15/h5-6,8-14,22H,2-4,7H2,1H3. The predicted octanol–water partition coefficient (Wildman–Crippen LogP) is 4.61. The topological polar surface area (TPSA) is 41.7 Å². The zero-order chi connectivity index (χ0) is 16.2. The maximum Gasteiger partial charge on any atom is 0.210 e. The van der Waals surface area contributed by atoms with E-state index in [1.165, 1.54) is 6.42 Å². The van der Waals surface area contributed by atoms with E-state index in [4.69, 9.17) is 0 Å². The summed E-state index contributed by atoms with van der Waals surface area (Å²) >= 11 is 0. The molecule has 0 atom stereocenters. The van der Waals surface area contributed by atoms with Gasteiger partial charge in [-0.05, 0) is 60.9 Å². The molecule has 23 heavy (non-hydrogen) atoms. The summed E-state index contributed by atoms with van der Waals surface area (Å²) < 4.78 is 1.97. The van der Waals surface area contributed by atoms with E-state index in [0.29, 0.717) is 5.56 Å². The Kier molecular flexibility index (Phi) is 4.47. The quantitative estimate of drug-likeness (QED) is 0.534. The highest BCUT2D eigenvalue weighted by atomic mass is 16.3. The lowest BCUT2D eigenvalue weighted by Gasteiger charge is -2.06. The van der Waals surface area contributed by atoms with Crippen molar-refractivity contribution in [2.24, 2.45) is 0 Å². The Morgan fingerprint density at radius 2 is 1.87 bits per heavy atom. The smallest absolute Gasteiger partial charge is 0.210 e. The van der Waals surface area contributed by atoms with Crippen LogP contribution >= 0.6 is 0 Å². The predicted molar refractivity (Wildman–Crippen MR) is 92.2 cm³/mol. The zero-order valence-corrected chi connectivity index (χ0v) is 13.3. The number of aromatic nitrogens is 1. The fraction of sp³-hybridized carbons (Fsp3) is 0.250. The summed E-state index contributed by atoms with van der Waals surface area (Å²) in [5, 5.41) is 9.42. The van der Waals surface area contributed by atoms with Crippen molar-refractivity contribution in [2.45, 2.75) is 32.6 Å². The van der Waals surface area contributed by atoms with Crippen molar-refractivity contribution in [3.63, 3.8) is 0 Å². The molecule has 0 saturated carbocycles. The van der Waals surface area contributed by atoms with Gasteiger partial charge in [0.05, 0.1) is 5.69 Å². The van der Waals surface area contributed by atoms with E-state index in [0.717, 1.165) is 36.0 Å². The number of carbonyl (C=O) groups excluding carboxylic acids is 1. The first kappa shape index (κ1) is 15.3. The molecule has 118 valence electrons. The molecule has 1 aromatic carbocycles. The third-order valence-corrected chi connectivity index (χ3v) is 4.15. The number of phenolic OH excluding ortho intramolecular Hbond substituents is 1. The van der Waals surface area contributed by atoms with Crippen molar-refractivity contribution >= 4 is 11.3 Å². The van der Waals surface area contributed by atoms with Gasteiger partial charge in [0.25, 0.3) is 0 Å². The number of aryl methyl sites for hydroxylation is 1. The highest BCUT2D eigenvalue weighted by Crippen LogP contribution is 2.23. The summed E-state index contributed by atoms with van der Waals surface area (Å²) in [6.45, 7) is 2.18. The van der Waals surface area contributed by atoms with Crippen molar-refractivity contribution in [1.82, 2.24) is 4.40 Å². The molecule has 2 aromatic heterocycles. The minimum Gasteiger partial charge on any atom is -0.508 e. The van der Waals surface area contributed by atoms with Gasteiger partial charge in [-0.1, -0.05) is 25.8 Å². The number of pyridine rings is 1. The molecule has 0 saturated heterocycles. The van der Waals surface area contributed by atoms with Gasteiger partial charge in [-0.2, -0.15) is 0 Å². The van der Waals surface area contributed by atoms with E-state index in [1.807, 2.05) is 28.8 Å². The van der Waals surface area contributed by atoms with Crippen molar-refractivity contribution in [1.29, 1.82) is 0 Å². The van der Waals surface area contributed by atoms with Crippen LogP contribution in [0.2, 0.25) is 0 Å². The number of benzene rings is 1. The fourth-order valence-electron chi connectivity index (χ4n) is 2.94. The number of hydrogen-bond acceptors (Lipinski definition) is 2. The summed E-state index contributed by atoms with van der Waals surface area (Å²) in [4.78, 5) is 13.0. The third kappa shape index (κ3) is 3.14. The van der Waals surface area contributed by atoms with Crippen LogP contribution in [0.25, 0.3) is 5.52 Å². The van der Waals surface area contributed by atoms with Crippen LogP contribution < -0.4 is 0 Å². The van der Waals surface area contributed by atoms with Crippen molar-refractivity contribution in [3.05, 3.63) is 71.5 Å². The zero-order valence-electron chi connectivity index (χ0n) is 13.3. The van der Waals surface area contributed by atoms with Gasteiger partial charge in [-0.25, -0.2) is 0 Å². The lowest BCUT2D eigenvalue weighted by atomic mass is 10.0. The van der Waals surface area contributed by atoms with Crippen LogP contribution in [0, 0.1) is 0 Å². The van der Waals surface area contributed by atoms with Gasteiger partial charge in [0.1, 0.15) is 5.75 Å². The Bertz CT molecular complexity index is 815. The molecule has 1 N–H and O–H groups in total. The fourth-order valence-corrected chi connectivity index (χ4v) is 2.94. The first-order valence-corrected chi connectivity index (χ1v) is 8.13. The molecule has 0 unspecified atom stereocenters. The normalized spacial score (nSPS) is 11.0. The number of unbranched alkanes of at least 4 members (excludes halogenated alkanes) is 2. The van der Waals surface area contributed by atoms with Crippen LogP contribution in [0.3, 0.4) is 0 Å². The van der Waals surface area contributed by atoms with Gasteiger partial charge in [0, 0.05) is 17.3 Å². The van der Waals surface area contributed by atoms with E-state index >= 15 is 0 Å². The average Bonchev–Trinajstić information content (AvgIpc) is 2.93. The summed E-state index contributed by atoms with van der Waals surface area (Å²) in [5.74, 6) is 0.174. The molecule has 0 amide bonds. The van der Waals surface area contributed by atoms with Gasteiger partial charge in [-0.15, -0.1) is 0 Å². The van der Waals surface area contributed by atoms with Gasteiger partial charge in [0.15, 0.2) is 0 Å². The molecule has 0 radical (unpaired) electrons. The molecular formula is C20H21NO2. The van der Waals surface area contributed by atoms with Crippen molar-refractivity contribution < 1.29 is 9.90 Å². The Morgan fingerprint density at radius 3 is 2.61 bits per heavy atom. The summed E-state index contributed by atoms with van der Waals surface area (Å²) in [6, 6.07) is 14.5. The number of phenols is 1. The van der Waals surface area contributed by atoms with Crippen LogP contribution in [0.4, 0.5) is 0 Å². The monoisotopic (exact) mass is 307 g/mol. The average molecular weight is 307 g/mol. The number of ketones is 1. The molecular weight excluding hydrogens is 286 g/mol. The largest absolute Gasteiger partial charge is 0.508 e. The molecule has 0 aliphatic rings. The second-order valence-electron chi connectivity index (χ2n) is 5.85. The molecule has 0 aliphatic heterocycles. The molecule has 3 nitrogen and oxygen atoms in total. The second kappa shape index (κ2) is 6.69. The molecule has 0 aliphatic carbocycles. The molecule has 0 spiro atoms. The van der Waals surface area contributed by atoms with E-state index in [-0.39, 0.29) is 11.5 Å². The molecule has 0 fully saturated rings. The summed E-state index contributed by atoms with van der Waals surface area (Å²) in [6.07, 6.45) is 6.26. The Morgan fingerprint density at radius 1 is 1.09 bits per heavy atom. The van der Waals surface area contributed by atoms with Gasteiger partial charge >= 0.3 is 0 Å². The molecule has 0 bridgehead atoms. The first-order valence-electron chi connectivity index (χ1n) is 8.13. The Hall–Kier alpha value is -2.55.